The van der Waals surface area contributed by atoms with Gasteiger partial charge in [0, 0.05) is 56.6 Å². The average molecular weight is 2130 g/mol. The predicted molar refractivity (Wildman–Crippen MR) is 504 cm³/mol. The minimum absolute atomic E-state index is 0.0394. The van der Waals surface area contributed by atoms with E-state index >= 15 is 13.2 Å². The van der Waals surface area contributed by atoms with Crippen molar-refractivity contribution in [1.82, 2.24) is 40.4 Å². The summed E-state index contributed by atoms with van der Waals surface area (Å²) in [7, 11) is -9.31. The van der Waals surface area contributed by atoms with Crippen LogP contribution in [0.1, 0.15) is 147 Å². The molecule has 2 aliphatic carbocycles. The van der Waals surface area contributed by atoms with Crippen molar-refractivity contribution in [1.29, 1.82) is 0 Å². The smallest absolute Gasteiger partial charge is 0.462 e. The summed E-state index contributed by atoms with van der Waals surface area (Å²) in [6.07, 6.45) is -6.66. The molecule has 0 bridgehead atoms. The summed E-state index contributed by atoms with van der Waals surface area (Å²) in [6.45, 7) is 26.3. The Hall–Kier alpha value is -12.2. The molecule has 2 amide bonds. The summed E-state index contributed by atoms with van der Waals surface area (Å²) in [6, 6.07) is -3.29. The minimum atomic E-state index is -4.86. The van der Waals surface area contributed by atoms with Crippen LogP contribution in [0.2, 0.25) is 0 Å². The summed E-state index contributed by atoms with van der Waals surface area (Å²) in [5.41, 5.74) is 44.5. The van der Waals surface area contributed by atoms with Crippen LogP contribution in [-0.2, 0) is 122 Å². The number of hydrogen-bond donors (Lipinski definition) is 10. The van der Waals surface area contributed by atoms with Crippen molar-refractivity contribution in [3.8, 4) is 0 Å². The zero-order valence-electron chi connectivity index (χ0n) is 82.8. The van der Waals surface area contributed by atoms with Crippen molar-refractivity contribution in [2.75, 3.05) is 66.2 Å². The van der Waals surface area contributed by atoms with Gasteiger partial charge in [-0.05, 0) is 133 Å². The van der Waals surface area contributed by atoms with Gasteiger partial charge in [-0.3, -0.25) is 42.7 Å². The molecular weight excluding hydrogens is 2010 g/mol. The average Bonchev–Trinajstić information content (AvgIpc) is 1.59. The number of esters is 5. The molecule has 10 aliphatic rings. The molecule has 816 valence electrons. The van der Waals surface area contributed by atoms with E-state index in [-0.39, 0.29) is 53.1 Å². The fourth-order valence-corrected chi connectivity index (χ4v) is 17.8. The second-order valence-corrected chi connectivity index (χ2v) is 39.6. The number of phosphoric acid groups is 1. The molecule has 4 saturated heterocycles. The number of ether oxygens (including phenoxy) is 13. The molecule has 56 nitrogen and oxygen atoms in total. The van der Waals surface area contributed by atoms with E-state index in [2.05, 4.69) is 107 Å². The summed E-state index contributed by atoms with van der Waals surface area (Å²) in [5, 5.41) is 55.9. The Morgan fingerprint density at radius 1 is 0.483 bits per heavy atom. The Bertz CT molecular complexity index is 5120. The maximum atomic E-state index is 15.7. The molecule has 147 heavy (non-hydrogen) atoms. The second kappa shape index (κ2) is 55.7. The molecule has 8 heterocycles. The Balaban J connectivity index is 0.000000271. The van der Waals surface area contributed by atoms with Gasteiger partial charge in [-0.2, -0.15) is 0 Å². The van der Waals surface area contributed by atoms with Gasteiger partial charge in [0.1, 0.15) is 114 Å². The molecule has 2 saturated carbocycles. The van der Waals surface area contributed by atoms with E-state index < -0.39 is 274 Å². The number of nitrogens with zero attached hydrogens (tertiary/aromatic N) is 18. The SMILES string of the molecule is C=C1N=C(N)C=CN1[C@@H]1O[C@](CN=[N+]=[N-])(COC(=O)C(C)C)[C@@H](OC(=O)C(C)C)[C@H]1F.C=C1N=C(N)C=CN1[C@@H]1O[C@](CN=[N+]=[N-])(COC(=O)C(N)C(C)C)[C@@H](O)[C@H]1F.C=C1NC(=O)C=CN1[C@@H]1O[C@](CN=[N+]=[N-])(COP(=O)(NC(C)C(=O)OC2CCCCC2)NC(C)C(=O)OC2CCCCC2)[C@@H](O)[C@H]1F.C=C1NC(=O)C=CN1[C@@H]1O[C@](CN=[N+]=[N-])(COP(=O)(OCOC(=O)OC(C)C)OCOC(=O)OC(C)C)[C@@H](O)[C@H]1F. The lowest BCUT2D eigenvalue weighted by Gasteiger charge is -2.35. The number of phosphoric ester groups is 1. The van der Waals surface area contributed by atoms with E-state index in [0.29, 0.717) is 25.7 Å². The van der Waals surface area contributed by atoms with Crippen LogP contribution in [0.4, 0.5) is 27.2 Å². The third-order valence-electron chi connectivity index (χ3n) is 23.0. The van der Waals surface area contributed by atoms with Gasteiger partial charge >= 0.3 is 57.7 Å². The van der Waals surface area contributed by atoms with Gasteiger partial charge in [0.05, 0.1) is 63.4 Å². The highest BCUT2D eigenvalue weighted by Crippen LogP contribution is 2.53. The Labute approximate surface area is 841 Å². The van der Waals surface area contributed by atoms with Crippen molar-refractivity contribution in [2.45, 2.75) is 286 Å². The standard InChI is InChI=1S/C29H45FN7O9P.C21H31FN5O13P.C19H27FN6O5.C16H24FN7O4/c1-18(27(40)44-21-10-6-4-7-11-21)34-47(42,35-19(2)28(41)45-22-12-8-5-9-13-22)43-17-29(16-32-36-31)25(39)24(30)26(46-29)37-15-14-23(38)33-20(37)3;1-12(2)38-19(30)33-10-36-41(32,37-11-34-20(31)39-13(3)4)35-9-21(8-24-26-23)17(29)16(22)18(40-21)27-7-6-15(28)25-14(27)5;1-10(2)17(27)29-9-19(8-23-25-22)15(30-18(28)11(3)4)14(20)16(31-19)26-7-6-13(21)24-12(26)5;1-8(2)12(19)15(26)27-7-16(6-21-23-20)13(25)11(17)14(28-16)24-5-4-10(18)22-9(24)3/h14-15,18-19,21-22,24-26,39H,3-13,16-17H2,1-2H3,(H,33,38)(H2,34,35,42);6-7,12-13,16-18,29H,5,8-11H2,1-4H3,(H,25,28);6-7,10-11,14-16H,5,8-9H2,1-4H3,(H2,21,24);4-5,8,11-14,25H,3,6-7,19H2,1-2H3,(H2,18,22)/t18?,19?,24-,25+,26-,29-,47?;16-,17+,18-,21-;14-,15+,16-,19-;11-,12?,13+,14-,16-/m1111/s1. The van der Waals surface area contributed by atoms with Crippen LogP contribution in [0.25, 0.3) is 41.8 Å². The fraction of sp³-hybridized carbons (Fsp3) is 0.682. The Morgan fingerprint density at radius 2 is 0.823 bits per heavy atom. The van der Waals surface area contributed by atoms with Crippen LogP contribution >= 0.6 is 15.5 Å². The second-order valence-electron chi connectivity index (χ2n) is 36.0. The molecule has 0 radical (unpaired) electrons. The molecule has 8 aliphatic heterocycles. The van der Waals surface area contributed by atoms with Gasteiger partial charge < -0.3 is 129 Å². The van der Waals surface area contributed by atoms with Crippen LogP contribution in [0.5, 0.6) is 0 Å². The molecular formula is C85H127F4N25O31P2. The van der Waals surface area contributed by atoms with E-state index in [4.69, 9.17) is 110 Å². The van der Waals surface area contributed by atoms with E-state index in [1.165, 1.54) is 82.1 Å². The molecule has 13 N–H and O–H groups in total. The van der Waals surface area contributed by atoms with Crippen molar-refractivity contribution >= 4 is 81.1 Å². The molecule has 0 aromatic rings. The normalized spacial score (nSPS) is 28.0. The third kappa shape index (κ3) is 33.9. The first-order valence-corrected chi connectivity index (χ1v) is 49.3. The number of rotatable bonds is 43. The first kappa shape index (κ1) is 122. The lowest BCUT2D eigenvalue weighted by molar-refractivity contribution is -0.180. The van der Waals surface area contributed by atoms with Gasteiger partial charge in [-0.15, -0.1) is 0 Å². The quantitative estimate of drug-likeness (QED) is 0.00400. The lowest BCUT2D eigenvalue weighted by atomic mass is 9.96. The Morgan fingerprint density at radius 3 is 1.18 bits per heavy atom. The number of amidine groups is 2. The number of aliphatic hydroxyl groups excluding tert-OH is 3. The third-order valence-corrected chi connectivity index (χ3v) is 26.2. The van der Waals surface area contributed by atoms with Crippen molar-refractivity contribution < 1.29 is 165 Å². The number of alkyl halides is 4. The maximum Gasteiger partial charge on any atom is 0.510 e. The van der Waals surface area contributed by atoms with E-state index in [9.17, 15) is 72.0 Å². The number of amides is 2. The zero-order valence-corrected chi connectivity index (χ0v) is 84.5. The highest BCUT2D eigenvalue weighted by Gasteiger charge is 2.64. The highest BCUT2D eigenvalue weighted by atomic mass is 31.2. The minimum Gasteiger partial charge on any atom is -0.462 e. The largest absolute Gasteiger partial charge is 0.510 e. The monoisotopic (exact) mass is 2130 g/mol. The number of halogens is 4. The first-order valence-electron chi connectivity index (χ1n) is 46.2. The van der Waals surface area contributed by atoms with Gasteiger partial charge in [-0.1, -0.05) is 101 Å². The van der Waals surface area contributed by atoms with E-state index in [0.717, 1.165) is 66.7 Å². The van der Waals surface area contributed by atoms with Gasteiger partial charge in [0.15, 0.2) is 61.3 Å². The number of azide groups is 4. The summed E-state index contributed by atoms with van der Waals surface area (Å²) >= 11 is 0. The molecule has 62 heteroatoms. The number of carbonyl (C=O) groups excluding carboxylic acids is 9. The number of nitrogens with two attached hydrogens (primary N) is 3. The highest BCUT2D eigenvalue weighted by molar-refractivity contribution is 7.54. The maximum absolute atomic E-state index is 15.7. The molecule has 0 aromatic carbocycles. The number of nitrogens with one attached hydrogen (secondary N) is 4. The van der Waals surface area contributed by atoms with Crippen LogP contribution in [0.3, 0.4) is 0 Å². The number of aliphatic hydroxyl groups is 3. The van der Waals surface area contributed by atoms with E-state index in [1.54, 1.807) is 41.5 Å². The van der Waals surface area contributed by atoms with Crippen LogP contribution in [-0.4, -0.2) is 306 Å². The van der Waals surface area contributed by atoms with Crippen LogP contribution in [0.15, 0.2) is 129 Å². The first-order chi connectivity index (χ1) is 69.2. The number of carbonyl (C=O) groups is 9. The molecule has 10 rings (SSSR count). The zero-order chi connectivity index (χ0) is 109. The van der Waals surface area contributed by atoms with Crippen molar-refractivity contribution in [3.05, 3.63) is 140 Å². The van der Waals surface area contributed by atoms with Crippen LogP contribution < -0.4 is 38.0 Å². The number of aliphatic imine (C=N–C) groups is 2. The summed E-state index contributed by atoms with van der Waals surface area (Å²) in [5.74, 6) is -5.25. The van der Waals surface area contributed by atoms with Gasteiger partial charge in [-0.25, -0.2) is 60.9 Å². The van der Waals surface area contributed by atoms with Gasteiger partial charge in [0.2, 0.25) is 13.6 Å². The van der Waals surface area contributed by atoms with E-state index in [1.807, 2.05) is 0 Å². The lowest BCUT2D eigenvalue weighted by Crippen LogP contribution is -2.52. The molecule has 0 spiro atoms. The van der Waals surface area contributed by atoms with Crippen LogP contribution in [0, 0.1) is 17.8 Å². The molecule has 0 aromatic heterocycles. The Kier molecular flexibility index (Phi) is 46.1. The van der Waals surface area contributed by atoms with Crippen molar-refractivity contribution in [2.24, 2.45) is 65.4 Å². The summed E-state index contributed by atoms with van der Waals surface area (Å²) < 4.78 is 179. The summed E-state index contributed by atoms with van der Waals surface area (Å²) in [4.78, 5) is 132. The van der Waals surface area contributed by atoms with Crippen molar-refractivity contribution in [3.63, 3.8) is 0 Å². The molecule has 3 unspecified atom stereocenters. The topological polar surface area (TPSA) is 764 Å². The molecule has 19 atom stereocenters. The predicted octanol–water partition coefficient (Wildman–Crippen LogP) is 8.47. The molecule has 6 fully saturated rings. The number of hydrogen-bond acceptors (Lipinski definition) is 44. The fourth-order valence-electron chi connectivity index (χ4n) is 15.0. The van der Waals surface area contributed by atoms with Gasteiger partial charge in [0.25, 0.3) is 11.8 Å².